The monoisotopic (exact) mass is 1010 g/mol. The van der Waals surface area contributed by atoms with E-state index < -0.39 is 132 Å². The summed E-state index contributed by atoms with van der Waals surface area (Å²) in [6.07, 6.45) is 5.27. The van der Waals surface area contributed by atoms with Crippen LogP contribution in [0.4, 0.5) is 0 Å². The third-order valence-corrected chi connectivity index (χ3v) is 12.1. The van der Waals surface area contributed by atoms with Crippen LogP contribution in [0.3, 0.4) is 0 Å². The molecule has 23 heteroatoms. The predicted octanol–water partition coefficient (Wildman–Crippen LogP) is 0.0198. The summed E-state index contributed by atoms with van der Waals surface area (Å²) < 4.78 is 5.62. The van der Waals surface area contributed by atoms with Crippen molar-refractivity contribution in [2.45, 2.75) is 142 Å². The summed E-state index contributed by atoms with van der Waals surface area (Å²) in [6, 6.07) is -0.594. The Morgan fingerprint density at radius 1 is 0.778 bits per heavy atom. The fourth-order valence-electron chi connectivity index (χ4n) is 7.39. The van der Waals surface area contributed by atoms with E-state index in [0.717, 1.165) is 10.5 Å². The number of carbonyl (C=O) groups excluding carboxylic acids is 8. The Bertz CT molecular complexity index is 2160. The number of amides is 7. The number of nitrogens with two attached hydrogens (primary N) is 2. The van der Waals surface area contributed by atoms with Crippen molar-refractivity contribution >= 4 is 65.2 Å². The van der Waals surface area contributed by atoms with Gasteiger partial charge in [0.05, 0.1) is 17.9 Å². The van der Waals surface area contributed by atoms with Gasteiger partial charge in [0.25, 0.3) is 0 Å². The van der Waals surface area contributed by atoms with Gasteiger partial charge >= 0.3 is 17.9 Å². The maximum atomic E-state index is 14.3. The number of carboxylic acids is 2. The van der Waals surface area contributed by atoms with E-state index >= 15 is 0 Å². The van der Waals surface area contributed by atoms with Crippen molar-refractivity contribution in [3.05, 3.63) is 60.2 Å². The lowest BCUT2D eigenvalue weighted by atomic mass is 9.96. The van der Waals surface area contributed by atoms with Crippen LogP contribution in [0.2, 0.25) is 0 Å². The molecule has 0 spiro atoms. The molecular formula is C49H74N10O13. The minimum atomic E-state index is -1.89. The number of likely N-dealkylation sites (N-methyl/N-ethyl adjacent to an activating group) is 1. The number of esters is 1. The van der Waals surface area contributed by atoms with Crippen molar-refractivity contribution < 1.29 is 62.9 Å². The van der Waals surface area contributed by atoms with Crippen molar-refractivity contribution in [1.29, 1.82) is 0 Å². The molecule has 1 heterocycles. The zero-order valence-corrected chi connectivity index (χ0v) is 42.5. The number of carbonyl (C=O) groups is 10. The van der Waals surface area contributed by atoms with Gasteiger partial charge in [-0.2, -0.15) is 0 Å². The maximum absolute atomic E-state index is 14.3. The maximum Gasteiger partial charge on any atom is 0.327 e. The van der Waals surface area contributed by atoms with Crippen LogP contribution in [0.5, 0.6) is 0 Å². The van der Waals surface area contributed by atoms with Crippen LogP contribution < -0.4 is 43.4 Å². The van der Waals surface area contributed by atoms with E-state index in [0.29, 0.717) is 6.42 Å². The Morgan fingerprint density at radius 2 is 1.39 bits per heavy atom. The molecule has 72 heavy (non-hydrogen) atoms. The van der Waals surface area contributed by atoms with Crippen molar-refractivity contribution in [2.75, 3.05) is 13.6 Å². The summed E-state index contributed by atoms with van der Waals surface area (Å²) in [5, 5.41) is 35.5. The number of nitrogens with one attached hydrogen (secondary N) is 6. The molecule has 1 aromatic carbocycles. The summed E-state index contributed by atoms with van der Waals surface area (Å²) in [4.78, 5) is 138. The largest absolute Gasteiger partial charge is 0.480 e. The van der Waals surface area contributed by atoms with Gasteiger partial charge < -0.3 is 63.2 Å². The smallest absolute Gasteiger partial charge is 0.327 e. The zero-order valence-electron chi connectivity index (χ0n) is 42.5. The average molecular weight is 1010 g/mol. The van der Waals surface area contributed by atoms with E-state index in [-0.39, 0.29) is 43.6 Å². The Morgan fingerprint density at radius 3 is 1.97 bits per heavy atom. The molecule has 0 bridgehead atoms. The number of nitrogens with zero attached hydrogens (tertiary/aromatic N) is 2. The van der Waals surface area contributed by atoms with Crippen LogP contribution >= 0.6 is 0 Å². The Labute approximate surface area is 420 Å². The normalized spacial score (nSPS) is 25.9. The number of benzene rings is 1. The highest BCUT2D eigenvalue weighted by atomic mass is 16.5. The molecule has 0 aromatic heterocycles. The van der Waals surface area contributed by atoms with Crippen LogP contribution in [0.1, 0.15) is 93.1 Å². The number of rotatable bonds is 15. The molecule has 23 nitrogen and oxygen atoms in total. The highest BCUT2D eigenvalue weighted by Crippen LogP contribution is 2.18. The molecule has 1 saturated heterocycles. The predicted molar refractivity (Wildman–Crippen MR) is 265 cm³/mol. The summed E-state index contributed by atoms with van der Waals surface area (Å²) in [6.45, 7) is 11.9. The minimum absolute atomic E-state index is 0.00805. The number of aliphatic carboxylic acids is 2. The molecule has 0 radical (unpaired) electrons. The summed E-state index contributed by atoms with van der Waals surface area (Å²) in [5.74, 6) is -13.1. The Balaban J connectivity index is 2.71. The van der Waals surface area contributed by atoms with Gasteiger partial charge in [-0.3, -0.25) is 43.3 Å². The molecular weight excluding hydrogens is 937 g/mol. The molecule has 12 N–H and O–H groups in total. The topological polar surface area (TPSA) is 360 Å². The standard InChI is InChI=1S/C49H74N10O13/c1-26(2)24-37-46(67)58-40(48(70)71)29(5)42(63)55-35(20-15-23-52-49(50)51)45(66)54-34(19-14-13-16-27(3)38(72-32(8)60)25-33-17-11-10-12-18-33)28(4)41(62)56-36(47(68)69)21-22-39(61)59(9)31(7)44(65)53-30(6)43(64)57-37/h10-14,16-19,26-31,34-38,40H,15,20-25H2,1-9H3,(H,53,65)(H,54,66)(H,55,63)(H,56,62)(H,57,64)(H,58,67)(H,68,69)(H,70,71)(H4,50,51,52)/b16-13+,19-14+/t27-,28-,29-,30+,31-,34-,35?,36+,37?,38-,40?/m0/s1. The summed E-state index contributed by atoms with van der Waals surface area (Å²) in [7, 11) is 1.30. The van der Waals surface area contributed by atoms with E-state index in [1.54, 1.807) is 26.0 Å². The zero-order chi connectivity index (χ0) is 54.4. The number of hydrogen-bond donors (Lipinski definition) is 10. The Hall–Kier alpha value is -7.33. The van der Waals surface area contributed by atoms with Crippen LogP contribution in [-0.2, 0) is 59.1 Å². The SMILES string of the molecule is CC(=O)O[C@@H](Cc1ccccc1)[C@@H](C)/C=C/C=C/[C@@H]1NC(=O)C(CCCN=C(N)N)NC(=O)[C@@H](C)C(C(=O)O)NC(=O)C(CC(C)C)NC(=O)[C@@H](C)NC(=O)[C@H](C)N(C)C(=O)CC[C@H](C(=O)O)NC(=O)[C@H]1C. The lowest BCUT2D eigenvalue weighted by Gasteiger charge is -2.28. The first kappa shape index (κ1) is 60.8. The van der Waals surface area contributed by atoms with Crippen molar-refractivity contribution in [2.24, 2.45) is 40.1 Å². The molecule has 1 aliphatic heterocycles. The first-order valence-electron chi connectivity index (χ1n) is 23.9. The van der Waals surface area contributed by atoms with Gasteiger partial charge in [0.15, 0.2) is 5.96 Å². The molecule has 11 atom stereocenters. The molecule has 3 unspecified atom stereocenters. The van der Waals surface area contributed by atoms with Crippen LogP contribution in [-0.4, -0.2) is 142 Å². The number of ether oxygens (including phenoxy) is 1. The van der Waals surface area contributed by atoms with Crippen LogP contribution in [0.25, 0.3) is 0 Å². The van der Waals surface area contributed by atoms with Crippen molar-refractivity contribution in [3.8, 4) is 0 Å². The number of hydrogen-bond acceptors (Lipinski definition) is 12. The number of carboxylic acid groups (broad SMARTS) is 2. The van der Waals surface area contributed by atoms with Gasteiger partial charge in [-0.15, -0.1) is 0 Å². The molecule has 0 aliphatic carbocycles. The second-order valence-corrected chi connectivity index (χ2v) is 18.5. The molecule has 2 rings (SSSR count). The van der Waals surface area contributed by atoms with Crippen LogP contribution in [0.15, 0.2) is 59.6 Å². The summed E-state index contributed by atoms with van der Waals surface area (Å²) in [5.41, 5.74) is 11.9. The van der Waals surface area contributed by atoms with Gasteiger partial charge in [0.1, 0.15) is 42.4 Å². The first-order chi connectivity index (χ1) is 33.7. The van der Waals surface area contributed by atoms with Gasteiger partial charge in [-0.05, 0) is 51.0 Å². The van der Waals surface area contributed by atoms with Crippen LogP contribution in [0, 0.1) is 23.7 Å². The van der Waals surface area contributed by atoms with Gasteiger partial charge in [-0.1, -0.05) is 89.3 Å². The lowest BCUT2D eigenvalue weighted by Crippen LogP contribution is -2.59. The fourth-order valence-corrected chi connectivity index (χ4v) is 7.39. The van der Waals surface area contributed by atoms with E-state index in [4.69, 9.17) is 16.2 Å². The van der Waals surface area contributed by atoms with E-state index in [2.05, 4.69) is 36.9 Å². The number of guanidine groups is 1. The quantitative estimate of drug-likeness (QED) is 0.0364. The minimum Gasteiger partial charge on any atom is -0.480 e. The van der Waals surface area contributed by atoms with Crippen molar-refractivity contribution in [3.63, 3.8) is 0 Å². The molecule has 0 saturated carbocycles. The average Bonchev–Trinajstić information content (AvgIpc) is 3.31. The number of allylic oxidation sites excluding steroid dienone is 2. The van der Waals surface area contributed by atoms with E-state index in [1.165, 1.54) is 53.8 Å². The second-order valence-electron chi connectivity index (χ2n) is 18.5. The highest BCUT2D eigenvalue weighted by molar-refractivity contribution is 5.97. The third-order valence-electron chi connectivity index (χ3n) is 12.1. The molecule has 1 fully saturated rings. The molecule has 1 aromatic rings. The first-order valence-corrected chi connectivity index (χ1v) is 23.9. The lowest BCUT2D eigenvalue weighted by molar-refractivity contribution is -0.148. The molecule has 398 valence electrons. The fraction of sp³-hybridized carbons (Fsp3) is 0.571. The molecule has 7 amide bonds. The van der Waals surface area contributed by atoms with Gasteiger partial charge in [0.2, 0.25) is 41.4 Å². The third kappa shape index (κ3) is 20.6. The molecule has 1 aliphatic rings. The van der Waals surface area contributed by atoms with E-state index in [1.807, 2.05) is 37.3 Å². The summed E-state index contributed by atoms with van der Waals surface area (Å²) >= 11 is 0. The Kier molecular flexibility index (Phi) is 25.1. The highest BCUT2D eigenvalue weighted by Gasteiger charge is 2.37. The second kappa shape index (κ2) is 29.8. The van der Waals surface area contributed by atoms with Crippen molar-refractivity contribution in [1.82, 2.24) is 36.8 Å². The van der Waals surface area contributed by atoms with Gasteiger partial charge in [-0.25, -0.2) is 9.59 Å². The number of aliphatic imine (C=N–C) groups is 1. The van der Waals surface area contributed by atoms with Gasteiger partial charge in [0, 0.05) is 39.3 Å². The van der Waals surface area contributed by atoms with E-state index in [9.17, 15) is 58.2 Å².